The van der Waals surface area contributed by atoms with E-state index in [1.54, 1.807) is 0 Å². The topological polar surface area (TPSA) is 23.5 Å². The number of hydrogen-bond acceptors (Lipinski definition) is 2. The van der Waals surface area contributed by atoms with E-state index in [1.807, 2.05) is 0 Å². The minimum Gasteiger partial charge on any atom is -0.393 e. The maximum Gasteiger partial charge on any atom is 0.0590 e. The monoisotopic (exact) mass is 143 g/mol. The number of piperidine rings is 1. The molecule has 2 heteroatoms. The van der Waals surface area contributed by atoms with Gasteiger partial charge in [0.2, 0.25) is 0 Å². The van der Waals surface area contributed by atoms with Crippen LogP contribution in [0.2, 0.25) is 0 Å². The second-order valence-electron chi connectivity index (χ2n) is 3.23. The Morgan fingerprint density at radius 2 is 2.30 bits per heavy atom. The van der Waals surface area contributed by atoms with Gasteiger partial charge in [0.25, 0.3) is 0 Å². The van der Waals surface area contributed by atoms with Gasteiger partial charge in [-0.15, -0.1) is 0 Å². The Hall–Kier alpha value is -0.0800. The third kappa shape index (κ3) is 1.70. The Kier molecular flexibility index (Phi) is 2.69. The molecule has 1 aliphatic heterocycles. The predicted octanol–water partition coefficient (Wildman–Crippen LogP) is 0.709. The first-order valence-electron chi connectivity index (χ1n) is 4.14. The van der Waals surface area contributed by atoms with Gasteiger partial charge in [-0.1, -0.05) is 13.8 Å². The van der Waals surface area contributed by atoms with E-state index in [9.17, 15) is 5.11 Å². The number of nitrogens with zero attached hydrogens (tertiary/aromatic N) is 1. The van der Waals surface area contributed by atoms with Crippen molar-refractivity contribution in [3.8, 4) is 0 Å². The highest BCUT2D eigenvalue weighted by atomic mass is 16.3. The molecule has 0 aromatic rings. The smallest absolute Gasteiger partial charge is 0.0590 e. The highest BCUT2D eigenvalue weighted by Crippen LogP contribution is 2.15. The normalized spacial score (nSPS) is 36.3. The molecule has 1 rings (SSSR count). The Labute approximate surface area is 62.8 Å². The Bertz CT molecular complexity index is 105. The predicted molar refractivity (Wildman–Crippen MR) is 41.9 cm³/mol. The average Bonchev–Trinajstić information content (AvgIpc) is 1.95. The van der Waals surface area contributed by atoms with Crippen molar-refractivity contribution in [2.24, 2.45) is 5.92 Å². The van der Waals surface area contributed by atoms with Crippen molar-refractivity contribution >= 4 is 0 Å². The van der Waals surface area contributed by atoms with Crippen LogP contribution in [0.3, 0.4) is 0 Å². The summed E-state index contributed by atoms with van der Waals surface area (Å²) < 4.78 is 0. The minimum atomic E-state index is -0.0530. The largest absolute Gasteiger partial charge is 0.393 e. The summed E-state index contributed by atoms with van der Waals surface area (Å²) in [4.78, 5) is 2.39. The standard InChI is InChI=1S/C8H17NO/c1-3-9-5-4-8(10)7(2)6-9/h7-8,10H,3-6H2,1-2H3/t7-,8+/m0/s1. The minimum absolute atomic E-state index is 0.0530. The van der Waals surface area contributed by atoms with Crippen LogP contribution in [0.25, 0.3) is 0 Å². The van der Waals surface area contributed by atoms with Gasteiger partial charge < -0.3 is 10.0 Å². The van der Waals surface area contributed by atoms with Crippen LogP contribution in [0.4, 0.5) is 0 Å². The summed E-state index contributed by atoms with van der Waals surface area (Å²) in [5.41, 5.74) is 0. The summed E-state index contributed by atoms with van der Waals surface area (Å²) >= 11 is 0. The van der Waals surface area contributed by atoms with E-state index < -0.39 is 0 Å². The van der Waals surface area contributed by atoms with Gasteiger partial charge in [-0.2, -0.15) is 0 Å². The molecule has 0 saturated carbocycles. The van der Waals surface area contributed by atoms with E-state index in [0.29, 0.717) is 5.92 Å². The first kappa shape index (κ1) is 8.02. The molecular formula is C8H17NO. The van der Waals surface area contributed by atoms with E-state index in [1.165, 1.54) is 0 Å². The lowest BCUT2D eigenvalue weighted by molar-refractivity contribution is 0.0373. The van der Waals surface area contributed by atoms with Gasteiger partial charge in [0.05, 0.1) is 6.10 Å². The molecular weight excluding hydrogens is 126 g/mol. The lowest BCUT2D eigenvalue weighted by Crippen LogP contribution is -2.41. The Morgan fingerprint density at radius 1 is 1.60 bits per heavy atom. The summed E-state index contributed by atoms with van der Waals surface area (Å²) in [6.07, 6.45) is 0.900. The average molecular weight is 143 g/mol. The molecule has 1 saturated heterocycles. The van der Waals surface area contributed by atoms with Gasteiger partial charge in [0.15, 0.2) is 0 Å². The van der Waals surface area contributed by atoms with Gasteiger partial charge in [-0.05, 0) is 18.9 Å². The second-order valence-corrected chi connectivity index (χ2v) is 3.23. The van der Waals surface area contributed by atoms with Crippen LogP contribution >= 0.6 is 0 Å². The van der Waals surface area contributed by atoms with E-state index in [2.05, 4.69) is 18.7 Å². The first-order chi connectivity index (χ1) is 4.74. The molecule has 1 aliphatic rings. The zero-order chi connectivity index (χ0) is 7.56. The maximum absolute atomic E-state index is 9.36. The number of rotatable bonds is 1. The van der Waals surface area contributed by atoms with Gasteiger partial charge in [-0.25, -0.2) is 0 Å². The van der Waals surface area contributed by atoms with Crippen molar-refractivity contribution in [3.05, 3.63) is 0 Å². The molecule has 0 radical (unpaired) electrons. The fourth-order valence-corrected chi connectivity index (χ4v) is 1.51. The summed E-state index contributed by atoms with van der Waals surface area (Å²) in [7, 11) is 0. The van der Waals surface area contributed by atoms with Crippen molar-refractivity contribution in [3.63, 3.8) is 0 Å². The van der Waals surface area contributed by atoms with Crippen LogP contribution in [0.15, 0.2) is 0 Å². The van der Waals surface area contributed by atoms with Crippen LogP contribution in [-0.4, -0.2) is 35.7 Å². The molecule has 60 valence electrons. The molecule has 2 atom stereocenters. The summed E-state index contributed by atoms with van der Waals surface area (Å²) in [6.45, 7) is 7.55. The third-order valence-electron chi connectivity index (χ3n) is 2.39. The fraction of sp³-hybridized carbons (Fsp3) is 1.00. The molecule has 0 aromatic carbocycles. The maximum atomic E-state index is 9.36. The molecule has 1 fully saturated rings. The number of aliphatic hydroxyl groups excluding tert-OH is 1. The molecule has 1 N–H and O–H groups in total. The molecule has 0 aliphatic carbocycles. The van der Waals surface area contributed by atoms with Gasteiger partial charge in [0, 0.05) is 13.1 Å². The van der Waals surface area contributed by atoms with E-state index in [0.717, 1.165) is 26.1 Å². The van der Waals surface area contributed by atoms with Gasteiger partial charge in [-0.3, -0.25) is 0 Å². The molecule has 0 aromatic heterocycles. The SMILES string of the molecule is CCN1CC[C@@H](O)[C@@H](C)C1. The zero-order valence-electron chi connectivity index (χ0n) is 6.88. The van der Waals surface area contributed by atoms with Crippen LogP contribution in [0, 0.1) is 5.92 Å². The summed E-state index contributed by atoms with van der Waals surface area (Å²) in [6, 6.07) is 0. The summed E-state index contributed by atoms with van der Waals surface area (Å²) in [5.74, 6) is 0.466. The van der Waals surface area contributed by atoms with E-state index in [-0.39, 0.29) is 6.10 Å². The zero-order valence-corrected chi connectivity index (χ0v) is 6.88. The first-order valence-corrected chi connectivity index (χ1v) is 4.14. The molecule has 0 bridgehead atoms. The van der Waals surface area contributed by atoms with Gasteiger partial charge in [0.1, 0.15) is 0 Å². The van der Waals surface area contributed by atoms with Crippen LogP contribution < -0.4 is 0 Å². The molecule has 0 unspecified atom stereocenters. The van der Waals surface area contributed by atoms with E-state index >= 15 is 0 Å². The lowest BCUT2D eigenvalue weighted by atomic mass is 9.97. The van der Waals surface area contributed by atoms with Gasteiger partial charge >= 0.3 is 0 Å². The molecule has 1 heterocycles. The molecule has 10 heavy (non-hydrogen) atoms. The van der Waals surface area contributed by atoms with Crippen molar-refractivity contribution in [2.75, 3.05) is 19.6 Å². The van der Waals surface area contributed by atoms with Crippen LogP contribution in [0.1, 0.15) is 20.3 Å². The van der Waals surface area contributed by atoms with Crippen LogP contribution in [-0.2, 0) is 0 Å². The Morgan fingerprint density at radius 3 is 2.80 bits per heavy atom. The Balaban J connectivity index is 2.33. The van der Waals surface area contributed by atoms with Crippen molar-refractivity contribution in [1.29, 1.82) is 0 Å². The van der Waals surface area contributed by atoms with Crippen molar-refractivity contribution < 1.29 is 5.11 Å². The van der Waals surface area contributed by atoms with Crippen molar-refractivity contribution in [1.82, 2.24) is 4.90 Å². The highest BCUT2D eigenvalue weighted by Gasteiger charge is 2.22. The highest BCUT2D eigenvalue weighted by molar-refractivity contribution is 4.75. The number of likely N-dealkylation sites (tertiary alicyclic amines) is 1. The molecule has 0 amide bonds. The molecule has 2 nitrogen and oxygen atoms in total. The number of hydrogen-bond donors (Lipinski definition) is 1. The lowest BCUT2D eigenvalue weighted by Gasteiger charge is -2.33. The fourth-order valence-electron chi connectivity index (χ4n) is 1.51. The quantitative estimate of drug-likeness (QED) is 0.584. The third-order valence-corrected chi connectivity index (χ3v) is 2.39. The summed E-state index contributed by atoms with van der Waals surface area (Å²) in [5, 5.41) is 9.36. The van der Waals surface area contributed by atoms with Crippen molar-refractivity contribution in [2.45, 2.75) is 26.4 Å². The van der Waals surface area contributed by atoms with E-state index in [4.69, 9.17) is 0 Å². The van der Waals surface area contributed by atoms with Crippen LogP contribution in [0.5, 0.6) is 0 Å². The second kappa shape index (κ2) is 3.35. The molecule has 0 spiro atoms. The number of aliphatic hydroxyl groups is 1.